The zero-order valence-corrected chi connectivity index (χ0v) is 26.2. The van der Waals surface area contributed by atoms with Crippen LogP contribution in [0, 0.1) is 0 Å². The number of carbonyl (C=O) groups is 2. The van der Waals surface area contributed by atoms with Gasteiger partial charge in [-0.25, -0.2) is 9.78 Å². The second-order valence-corrected chi connectivity index (χ2v) is 13.4. The fraction of sp³-hybridized carbons (Fsp3) is 0.333. The Balaban J connectivity index is 1.36. The lowest BCUT2D eigenvalue weighted by Crippen LogP contribution is -2.53. The van der Waals surface area contributed by atoms with Gasteiger partial charge in [-0.2, -0.15) is 0 Å². The van der Waals surface area contributed by atoms with Gasteiger partial charge in [0.2, 0.25) is 5.91 Å². The van der Waals surface area contributed by atoms with Gasteiger partial charge in [-0.15, -0.1) is 11.3 Å². The molecule has 44 heavy (non-hydrogen) atoms. The third kappa shape index (κ3) is 5.85. The van der Waals surface area contributed by atoms with Gasteiger partial charge in [0.1, 0.15) is 22.6 Å². The van der Waals surface area contributed by atoms with E-state index in [0.717, 1.165) is 31.3 Å². The number of benzene rings is 2. The van der Waals surface area contributed by atoms with E-state index >= 15 is 0 Å². The van der Waals surface area contributed by atoms with Crippen molar-refractivity contribution in [2.24, 2.45) is 0 Å². The molecule has 10 nitrogen and oxygen atoms in total. The van der Waals surface area contributed by atoms with Crippen molar-refractivity contribution in [3.8, 4) is 11.1 Å². The number of aromatic nitrogens is 2. The van der Waals surface area contributed by atoms with Crippen LogP contribution in [0.3, 0.4) is 0 Å². The minimum absolute atomic E-state index is 0.133. The van der Waals surface area contributed by atoms with Gasteiger partial charge in [0.25, 0.3) is 5.56 Å². The van der Waals surface area contributed by atoms with Crippen LogP contribution in [0.1, 0.15) is 34.6 Å². The second kappa shape index (κ2) is 11.2. The number of fused-ring (bicyclic) bond motifs is 4. The molecule has 0 radical (unpaired) electrons. The molecule has 5 aromatic rings. The molecular weight excluding hydrogens is 578 g/mol. The maximum Gasteiger partial charge on any atom is 0.408 e. The average Bonchev–Trinajstić information content (AvgIpc) is 3.34. The first kappa shape index (κ1) is 29.6. The van der Waals surface area contributed by atoms with Crippen LogP contribution in [0.5, 0.6) is 0 Å². The quantitative estimate of drug-likeness (QED) is 0.257. The average molecular weight is 614 g/mol. The summed E-state index contributed by atoms with van der Waals surface area (Å²) in [5.41, 5.74) is 1.02. The van der Waals surface area contributed by atoms with Crippen molar-refractivity contribution in [1.82, 2.24) is 14.7 Å². The molecule has 1 aliphatic rings. The normalized spacial score (nSPS) is 14.2. The molecule has 0 bridgehead atoms. The van der Waals surface area contributed by atoms with Crippen molar-refractivity contribution in [1.29, 1.82) is 0 Å². The highest BCUT2D eigenvalue weighted by Crippen LogP contribution is 2.41. The van der Waals surface area contributed by atoms with Crippen LogP contribution in [-0.2, 0) is 14.3 Å². The van der Waals surface area contributed by atoms with Crippen LogP contribution in [0.25, 0.3) is 36.9 Å². The van der Waals surface area contributed by atoms with Crippen molar-refractivity contribution >= 4 is 60.7 Å². The number of pyridine rings is 1. The molecule has 0 atom stereocenters. The molecule has 3 aromatic heterocycles. The Hall–Kier alpha value is -4.48. The van der Waals surface area contributed by atoms with Crippen LogP contribution in [0.15, 0.2) is 65.6 Å². The second-order valence-electron chi connectivity index (χ2n) is 12.4. The zero-order valence-electron chi connectivity index (χ0n) is 25.4. The molecule has 2 amide bonds. The number of ether oxygens (including phenoxy) is 2. The molecule has 4 heterocycles. The van der Waals surface area contributed by atoms with Crippen molar-refractivity contribution in [3.63, 3.8) is 0 Å². The van der Waals surface area contributed by atoms with E-state index in [2.05, 4.69) is 21.6 Å². The van der Waals surface area contributed by atoms with Crippen LogP contribution in [-0.4, -0.2) is 58.8 Å². The molecule has 2 aromatic carbocycles. The van der Waals surface area contributed by atoms with Gasteiger partial charge in [-0.3, -0.25) is 14.0 Å². The largest absolute Gasteiger partial charge is 0.444 e. The van der Waals surface area contributed by atoms with Crippen molar-refractivity contribution in [3.05, 3.63) is 71.1 Å². The zero-order chi connectivity index (χ0) is 31.2. The Kier molecular flexibility index (Phi) is 7.54. The summed E-state index contributed by atoms with van der Waals surface area (Å²) in [5.74, 6) is 0.282. The number of anilines is 2. The van der Waals surface area contributed by atoms with Crippen LogP contribution in [0.4, 0.5) is 16.3 Å². The van der Waals surface area contributed by atoms with E-state index in [9.17, 15) is 14.4 Å². The predicted octanol–water partition coefficient (Wildman–Crippen LogP) is 5.81. The van der Waals surface area contributed by atoms with E-state index in [4.69, 9.17) is 14.5 Å². The molecule has 0 saturated carbocycles. The van der Waals surface area contributed by atoms with E-state index in [1.54, 1.807) is 62.6 Å². The Morgan fingerprint density at radius 3 is 2.45 bits per heavy atom. The maximum atomic E-state index is 13.2. The lowest BCUT2D eigenvalue weighted by molar-refractivity contribution is -0.121. The fourth-order valence-electron chi connectivity index (χ4n) is 5.27. The Morgan fingerprint density at radius 2 is 1.70 bits per heavy atom. The van der Waals surface area contributed by atoms with Crippen molar-refractivity contribution in [2.75, 3.05) is 36.5 Å². The molecule has 1 aliphatic heterocycles. The summed E-state index contributed by atoms with van der Waals surface area (Å²) in [6.45, 7) is 11.1. The van der Waals surface area contributed by atoms with Gasteiger partial charge in [0.15, 0.2) is 0 Å². The number of nitrogens with one attached hydrogen (secondary N) is 2. The molecule has 0 spiro atoms. The first-order chi connectivity index (χ1) is 20.9. The minimum atomic E-state index is -1.21. The van der Waals surface area contributed by atoms with Crippen LogP contribution in [0.2, 0.25) is 0 Å². The number of thiophene rings is 1. The lowest BCUT2D eigenvalue weighted by atomic mass is 10.0. The molecule has 6 rings (SSSR count). The highest BCUT2D eigenvalue weighted by molar-refractivity contribution is 7.26. The Labute approximate surface area is 258 Å². The Morgan fingerprint density at radius 1 is 0.955 bits per heavy atom. The molecular formula is C33H35N5O5S. The summed E-state index contributed by atoms with van der Waals surface area (Å²) in [6, 6.07) is 17.3. The molecule has 0 aliphatic carbocycles. The van der Waals surface area contributed by atoms with Crippen molar-refractivity contribution < 1.29 is 19.1 Å². The van der Waals surface area contributed by atoms with Crippen LogP contribution < -0.4 is 21.1 Å². The number of rotatable bonds is 5. The van der Waals surface area contributed by atoms with E-state index in [1.807, 2.05) is 42.5 Å². The number of hydrogen-bond acceptors (Lipinski definition) is 8. The summed E-state index contributed by atoms with van der Waals surface area (Å²) in [7, 11) is 0. The number of amides is 2. The number of carbonyl (C=O) groups excluding carboxylic acids is 2. The predicted molar refractivity (Wildman–Crippen MR) is 175 cm³/mol. The number of alkyl carbamates (subject to hydrolysis) is 1. The third-order valence-corrected chi connectivity index (χ3v) is 8.66. The summed E-state index contributed by atoms with van der Waals surface area (Å²) >= 11 is 1.65. The smallest absolute Gasteiger partial charge is 0.408 e. The Bertz CT molecular complexity index is 1970. The van der Waals surface area contributed by atoms with E-state index in [0.29, 0.717) is 43.5 Å². The molecule has 11 heteroatoms. The number of nitrogens with zero attached hydrogens (tertiary/aromatic N) is 3. The molecule has 1 fully saturated rings. The lowest BCUT2D eigenvalue weighted by Gasteiger charge is -2.27. The topological polar surface area (TPSA) is 114 Å². The highest BCUT2D eigenvalue weighted by Gasteiger charge is 2.32. The maximum absolute atomic E-state index is 13.2. The highest BCUT2D eigenvalue weighted by atomic mass is 32.1. The van der Waals surface area contributed by atoms with Gasteiger partial charge < -0.3 is 25.0 Å². The van der Waals surface area contributed by atoms with Gasteiger partial charge in [-0.05, 0) is 65.0 Å². The molecule has 1 saturated heterocycles. The van der Waals surface area contributed by atoms with Gasteiger partial charge >= 0.3 is 6.09 Å². The van der Waals surface area contributed by atoms with Gasteiger partial charge in [0, 0.05) is 62.3 Å². The van der Waals surface area contributed by atoms with E-state index < -0.39 is 17.2 Å². The molecule has 228 valence electrons. The monoisotopic (exact) mass is 613 g/mol. The molecule has 0 unspecified atom stereocenters. The summed E-state index contributed by atoms with van der Waals surface area (Å²) in [4.78, 5) is 45.7. The van der Waals surface area contributed by atoms with E-state index in [1.165, 1.54) is 0 Å². The third-order valence-electron chi connectivity index (χ3n) is 7.44. The summed E-state index contributed by atoms with van der Waals surface area (Å²) in [5, 5.41) is 7.61. The molecule has 2 N–H and O–H groups in total. The minimum Gasteiger partial charge on any atom is -0.444 e. The first-order valence-corrected chi connectivity index (χ1v) is 15.3. The van der Waals surface area contributed by atoms with Crippen LogP contribution >= 0.6 is 11.3 Å². The summed E-state index contributed by atoms with van der Waals surface area (Å²) in [6.07, 6.45) is 1.09. The standard InChI is InChI=1S/C33H35N5O5S/c1-32(2,3)43-31(41)36-33(4,5)30(40)34-20-11-12-25-24(18-20)22-9-6-8-21(28(22)44-25)23-10-7-13-38-27(39)19-26(35-29(23)38)37-14-16-42-17-15-37/h6-13,18-19H,14-17H2,1-5H3,(H,34,40)(H,36,41). The first-order valence-electron chi connectivity index (χ1n) is 14.5. The summed E-state index contributed by atoms with van der Waals surface area (Å²) < 4.78 is 14.5. The van der Waals surface area contributed by atoms with Gasteiger partial charge in [-0.1, -0.05) is 18.2 Å². The van der Waals surface area contributed by atoms with Crippen molar-refractivity contribution in [2.45, 2.75) is 45.8 Å². The van der Waals surface area contributed by atoms with Gasteiger partial charge in [0.05, 0.1) is 13.2 Å². The fourth-order valence-corrected chi connectivity index (χ4v) is 6.48. The number of hydrogen-bond donors (Lipinski definition) is 2. The van der Waals surface area contributed by atoms with E-state index in [-0.39, 0.29) is 11.5 Å². The number of morpholine rings is 1. The SMILES string of the molecule is CC(C)(C)OC(=O)NC(C)(C)C(=O)Nc1ccc2sc3c(-c4cccn5c(=O)cc(N6CCOCC6)nc45)cccc3c2c1.